The van der Waals surface area contributed by atoms with Crippen molar-refractivity contribution in [2.24, 2.45) is 5.92 Å². The topological polar surface area (TPSA) is 86.3 Å². The summed E-state index contributed by atoms with van der Waals surface area (Å²) in [5, 5.41) is 16.6. The minimum Gasteiger partial charge on any atom is -0.481 e. The number of benzene rings is 1. The van der Waals surface area contributed by atoms with Crippen LogP contribution >= 0.6 is 0 Å². The van der Waals surface area contributed by atoms with Crippen molar-refractivity contribution in [3.05, 3.63) is 30.0 Å². The molecule has 1 atom stereocenters. The molecule has 1 fully saturated rings. The van der Waals surface area contributed by atoms with Gasteiger partial charge in [-0.15, -0.1) is 0 Å². The highest BCUT2D eigenvalue weighted by molar-refractivity contribution is 6.04. The normalized spacial score (nSPS) is 18.9. The van der Waals surface area contributed by atoms with Crippen LogP contribution < -0.4 is 0 Å². The standard InChI is InChI=1S/C13H13N3O3/c17-12(16-6-5-8(7-16)13(18)19)11-9-3-1-2-4-10(9)14-15-11/h1-4,8H,5-7H2,(H,14,15)(H,18,19). The van der Waals surface area contributed by atoms with E-state index in [-0.39, 0.29) is 12.5 Å². The quantitative estimate of drug-likeness (QED) is 0.845. The number of carboxylic acids is 1. The van der Waals surface area contributed by atoms with Crippen LogP contribution in [0.3, 0.4) is 0 Å². The van der Waals surface area contributed by atoms with E-state index < -0.39 is 11.9 Å². The van der Waals surface area contributed by atoms with Crippen LogP contribution in [0.5, 0.6) is 0 Å². The van der Waals surface area contributed by atoms with Gasteiger partial charge in [0.15, 0.2) is 5.69 Å². The fourth-order valence-electron chi connectivity index (χ4n) is 2.42. The lowest BCUT2D eigenvalue weighted by molar-refractivity contribution is -0.141. The Hall–Kier alpha value is -2.37. The number of carbonyl (C=O) groups is 2. The number of para-hydroxylation sites is 1. The minimum atomic E-state index is -0.845. The molecule has 0 bridgehead atoms. The van der Waals surface area contributed by atoms with Crippen LogP contribution in [0.4, 0.5) is 0 Å². The van der Waals surface area contributed by atoms with Crippen LogP contribution in [0.2, 0.25) is 0 Å². The van der Waals surface area contributed by atoms with E-state index in [0.717, 1.165) is 10.9 Å². The maximum absolute atomic E-state index is 12.3. The zero-order valence-corrected chi connectivity index (χ0v) is 10.2. The molecule has 3 rings (SSSR count). The third kappa shape index (κ3) is 1.95. The van der Waals surface area contributed by atoms with Gasteiger partial charge in [-0.1, -0.05) is 18.2 Å². The largest absolute Gasteiger partial charge is 0.481 e. The van der Waals surface area contributed by atoms with Crippen molar-refractivity contribution in [2.45, 2.75) is 6.42 Å². The first-order valence-electron chi connectivity index (χ1n) is 6.12. The molecule has 1 aliphatic heterocycles. The number of hydrogen-bond acceptors (Lipinski definition) is 3. The average Bonchev–Trinajstić information content (AvgIpc) is 3.05. The van der Waals surface area contributed by atoms with Crippen LogP contribution in [0, 0.1) is 5.92 Å². The summed E-state index contributed by atoms with van der Waals surface area (Å²) in [7, 11) is 0. The molecule has 1 amide bonds. The number of fused-ring (bicyclic) bond motifs is 1. The van der Waals surface area contributed by atoms with Gasteiger partial charge in [-0.05, 0) is 12.5 Å². The van der Waals surface area contributed by atoms with Gasteiger partial charge in [0.05, 0.1) is 11.4 Å². The third-order valence-corrected chi connectivity index (χ3v) is 3.50. The van der Waals surface area contributed by atoms with Gasteiger partial charge < -0.3 is 10.0 Å². The van der Waals surface area contributed by atoms with Gasteiger partial charge in [-0.2, -0.15) is 5.10 Å². The summed E-state index contributed by atoms with van der Waals surface area (Å²) < 4.78 is 0. The van der Waals surface area contributed by atoms with E-state index in [1.807, 2.05) is 24.3 Å². The lowest BCUT2D eigenvalue weighted by Gasteiger charge is -2.14. The summed E-state index contributed by atoms with van der Waals surface area (Å²) >= 11 is 0. The predicted molar refractivity (Wildman–Crippen MR) is 67.7 cm³/mol. The summed E-state index contributed by atoms with van der Waals surface area (Å²) in [5.41, 5.74) is 1.17. The van der Waals surface area contributed by atoms with Crippen LogP contribution in [0.1, 0.15) is 16.9 Å². The number of likely N-dealkylation sites (tertiary alicyclic amines) is 1. The lowest BCUT2D eigenvalue weighted by atomic mass is 10.1. The minimum absolute atomic E-state index is 0.207. The summed E-state index contributed by atoms with van der Waals surface area (Å²) in [4.78, 5) is 24.8. The molecule has 1 aromatic heterocycles. The molecule has 19 heavy (non-hydrogen) atoms. The van der Waals surface area contributed by atoms with Crippen molar-refractivity contribution in [1.82, 2.24) is 15.1 Å². The highest BCUT2D eigenvalue weighted by Crippen LogP contribution is 2.22. The number of H-pyrrole nitrogens is 1. The Morgan fingerprint density at radius 3 is 2.89 bits per heavy atom. The molecule has 6 heteroatoms. The molecule has 1 aliphatic rings. The van der Waals surface area contributed by atoms with Crippen LogP contribution in [-0.4, -0.2) is 45.2 Å². The smallest absolute Gasteiger partial charge is 0.308 e. The van der Waals surface area contributed by atoms with Crippen molar-refractivity contribution in [3.8, 4) is 0 Å². The highest BCUT2D eigenvalue weighted by atomic mass is 16.4. The number of aromatic nitrogens is 2. The van der Waals surface area contributed by atoms with E-state index in [2.05, 4.69) is 10.2 Å². The number of nitrogens with one attached hydrogen (secondary N) is 1. The second-order valence-corrected chi connectivity index (χ2v) is 4.69. The van der Waals surface area contributed by atoms with Crippen molar-refractivity contribution < 1.29 is 14.7 Å². The molecule has 2 heterocycles. The summed E-state index contributed by atoms with van der Waals surface area (Å²) in [6.07, 6.45) is 0.503. The average molecular weight is 259 g/mol. The van der Waals surface area contributed by atoms with Crippen LogP contribution in [0.15, 0.2) is 24.3 Å². The molecule has 1 unspecified atom stereocenters. The summed E-state index contributed by atoms with van der Waals surface area (Å²) in [6.45, 7) is 0.729. The second-order valence-electron chi connectivity index (χ2n) is 4.69. The Morgan fingerprint density at radius 2 is 2.16 bits per heavy atom. The monoisotopic (exact) mass is 259 g/mol. The van der Waals surface area contributed by atoms with Crippen LogP contribution in [-0.2, 0) is 4.79 Å². The van der Waals surface area contributed by atoms with Crippen molar-refractivity contribution >= 4 is 22.8 Å². The van der Waals surface area contributed by atoms with E-state index in [4.69, 9.17) is 5.11 Å². The van der Waals surface area contributed by atoms with Gasteiger partial charge in [-0.25, -0.2) is 0 Å². The number of aromatic amines is 1. The first kappa shape index (κ1) is 11.7. The molecule has 2 N–H and O–H groups in total. The molecule has 0 saturated carbocycles. The van der Waals surface area contributed by atoms with E-state index >= 15 is 0 Å². The number of rotatable bonds is 2. The molecule has 6 nitrogen and oxygen atoms in total. The highest BCUT2D eigenvalue weighted by Gasteiger charge is 2.32. The van der Waals surface area contributed by atoms with E-state index in [9.17, 15) is 9.59 Å². The second kappa shape index (κ2) is 4.38. The number of carboxylic acid groups (broad SMARTS) is 1. The molecular formula is C13H13N3O3. The number of nitrogens with zero attached hydrogens (tertiary/aromatic N) is 2. The molecule has 1 aromatic carbocycles. The third-order valence-electron chi connectivity index (χ3n) is 3.50. The number of aliphatic carboxylic acids is 1. The van der Waals surface area contributed by atoms with Gasteiger partial charge >= 0.3 is 5.97 Å². The maximum atomic E-state index is 12.3. The lowest BCUT2D eigenvalue weighted by Crippen LogP contribution is -2.30. The SMILES string of the molecule is O=C(O)C1CCN(C(=O)c2n[nH]c3ccccc23)C1. The summed E-state index contributed by atoms with van der Waals surface area (Å²) in [6, 6.07) is 7.39. The summed E-state index contributed by atoms with van der Waals surface area (Å²) in [5.74, 6) is -1.52. The molecule has 1 saturated heterocycles. The fourth-order valence-corrected chi connectivity index (χ4v) is 2.42. The van der Waals surface area contributed by atoms with E-state index in [1.165, 1.54) is 0 Å². The van der Waals surface area contributed by atoms with E-state index in [0.29, 0.717) is 18.7 Å². The number of carbonyl (C=O) groups excluding carboxylic acids is 1. The fraction of sp³-hybridized carbons (Fsp3) is 0.308. The van der Waals surface area contributed by atoms with Gasteiger partial charge in [0, 0.05) is 18.5 Å². The predicted octanol–water partition coefficient (Wildman–Crippen LogP) is 1.11. The number of hydrogen-bond donors (Lipinski definition) is 2. The zero-order valence-electron chi connectivity index (χ0n) is 10.2. The zero-order chi connectivity index (χ0) is 13.4. The van der Waals surface area contributed by atoms with E-state index in [1.54, 1.807) is 4.90 Å². The van der Waals surface area contributed by atoms with Gasteiger partial charge in [0.25, 0.3) is 5.91 Å². The molecular weight excluding hydrogens is 246 g/mol. The van der Waals surface area contributed by atoms with Crippen molar-refractivity contribution in [1.29, 1.82) is 0 Å². The molecule has 0 radical (unpaired) electrons. The van der Waals surface area contributed by atoms with Gasteiger partial charge in [-0.3, -0.25) is 14.7 Å². The first-order valence-corrected chi connectivity index (χ1v) is 6.12. The number of amides is 1. The Bertz CT molecular complexity index is 649. The maximum Gasteiger partial charge on any atom is 0.308 e. The Balaban J connectivity index is 1.87. The molecule has 0 spiro atoms. The van der Waals surface area contributed by atoms with Gasteiger partial charge in [0.2, 0.25) is 0 Å². The first-order chi connectivity index (χ1) is 9.16. The molecule has 2 aromatic rings. The Morgan fingerprint density at radius 1 is 1.37 bits per heavy atom. The van der Waals surface area contributed by atoms with Crippen molar-refractivity contribution in [2.75, 3.05) is 13.1 Å². The van der Waals surface area contributed by atoms with Gasteiger partial charge in [0.1, 0.15) is 0 Å². The molecule has 0 aliphatic carbocycles. The Labute approximate surface area is 109 Å². The molecule has 98 valence electrons. The van der Waals surface area contributed by atoms with Crippen molar-refractivity contribution in [3.63, 3.8) is 0 Å². The Kier molecular flexibility index (Phi) is 2.70. The van der Waals surface area contributed by atoms with Crippen LogP contribution in [0.25, 0.3) is 10.9 Å².